The maximum Gasteiger partial charge on any atom is 0.352 e. The molecular formula is C20H19N8O8S2+. The first-order valence-electron chi connectivity index (χ1n) is 10.6. The molecule has 6 N–H and O–H groups in total. The lowest BCUT2D eigenvalue weighted by atomic mass is 10.0. The molecule has 2 aliphatic rings. The Bertz CT molecular complexity index is 1380. The number of carbonyl (C=O) groups excluding carboxylic acids is 3. The van der Waals surface area contributed by atoms with Gasteiger partial charge in [0.2, 0.25) is 24.6 Å². The van der Waals surface area contributed by atoms with Gasteiger partial charge in [0.25, 0.3) is 11.8 Å². The standard InChI is InChI=1S/C20H18N8O8S2/c21-20-24-15(26-38-20)12(25-36-6-11(30)31)16(32)23-13-17(33)28-14(19(34)35)9(7-37-18(13)28)4-27-3-1-2-10(5-27)22-8-29/h1-3,5,8,13,18H,4,6-7H2,(H5-,21,22,23,24,26,29,30,31,32,34,35)/p+1/t13?,18-/m0/s1. The molecule has 0 radical (unpaired) electrons. The molecule has 2 aromatic rings. The normalized spacial score (nSPS) is 18.8. The smallest absolute Gasteiger partial charge is 0.352 e. The van der Waals surface area contributed by atoms with Crippen LogP contribution in [-0.2, 0) is 35.4 Å². The molecule has 4 rings (SSSR count). The average molecular weight is 564 g/mol. The molecule has 198 valence electrons. The minimum Gasteiger partial charge on any atom is -0.479 e. The minimum absolute atomic E-state index is 0.0154. The van der Waals surface area contributed by atoms with Crippen LogP contribution in [0.3, 0.4) is 0 Å². The van der Waals surface area contributed by atoms with Gasteiger partial charge in [0.15, 0.2) is 24.1 Å². The molecule has 1 fully saturated rings. The SMILES string of the molecule is Nc1nc(C(=NOCC(=O)O)C(=O)NC2C(=O)N3C(C(=O)O)=C(C[n+]4cccc(NC=O)c4)CS[C@@H]23)ns1. The third-order valence-corrected chi connectivity index (χ3v) is 7.09. The van der Waals surface area contributed by atoms with Crippen LogP contribution in [-0.4, -0.2) is 84.1 Å². The van der Waals surface area contributed by atoms with E-state index in [1.54, 1.807) is 29.1 Å². The second-order valence-electron chi connectivity index (χ2n) is 7.71. The number of carbonyl (C=O) groups is 5. The summed E-state index contributed by atoms with van der Waals surface area (Å²) in [7, 11) is 0. The topological polar surface area (TPSA) is 230 Å². The first kappa shape index (κ1) is 26.5. The zero-order chi connectivity index (χ0) is 27.4. The van der Waals surface area contributed by atoms with Gasteiger partial charge in [-0.1, -0.05) is 5.16 Å². The van der Waals surface area contributed by atoms with Crippen molar-refractivity contribution in [2.45, 2.75) is 18.0 Å². The van der Waals surface area contributed by atoms with E-state index in [0.29, 0.717) is 17.7 Å². The second-order valence-corrected chi connectivity index (χ2v) is 9.60. The molecule has 38 heavy (non-hydrogen) atoms. The summed E-state index contributed by atoms with van der Waals surface area (Å²) < 4.78 is 5.53. The summed E-state index contributed by atoms with van der Waals surface area (Å²) in [5, 5.41) is 26.4. The van der Waals surface area contributed by atoms with Gasteiger partial charge in [-0.25, -0.2) is 9.59 Å². The van der Waals surface area contributed by atoms with Crippen LogP contribution >= 0.6 is 23.3 Å². The number of nitrogens with one attached hydrogen (secondary N) is 2. The van der Waals surface area contributed by atoms with E-state index in [9.17, 15) is 29.1 Å². The van der Waals surface area contributed by atoms with Crippen LogP contribution in [0.5, 0.6) is 0 Å². The van der Waals surface area contributed by atoms with Crippen molar-refractivity contribution in [1.82, 2.24) is 19.6 Å². The summed E-state index contributed by atoms with van der Waals surface area (Å²) in [5.74, 6) is -4.23. The van der Waals surface area contributed by atoms with Gasteiger partial charge < -0.3 is 31.4 Å². The Hall–Kier alpha value is -4.58. The largest absolute Gasteiger partial charge is 0.479 e. The Morgan fingerprint density at radius 2 is 2.16 bits per heavy atom. The highest BCUT2D eigenvalue weighted by atomic mass is 32.2. The fourth-order valence-corrected chi connectivity index (χ4v) is 5.45. The van der Waals surface area contributed by atoms with E-state index in [-0.39, 0.29) is 29.0 Å². The van der Waals surface area contributed by atoms with Crippen LogP contribution in [0.1, 0.15) is 5.82 Å². The van der Waals surface area contributed by atoms with Gasteiger partial charge in [-0.3, -0.25) is 19.3 Å². The Morgan fingerprint density at radius 1 is 1.37 bits per heavy atom. The lowest BCUT2D eigenvalue weighted by molar-refractivity contribution is -0.688. The molecule has 16 nitrogen and oxygen atoms in total. The number of nitrogens with two attached hydrogens (primary N) is 1. The average Bonchev–Trinajstić information content (AvgIpc) is 3.30. The molecule has 3 amide bonds. The number of pyridine rings is 1. The van der Waals surface area contributed by atoms with Crippen molar-refractivity contribution >= 4 is 70.0 Å². The van der Waals surface area contributed by atoms with E-state index in [1.165, 1.54) is 11.8 Å². The maximum absolute atomic E-state index is 13.0. The molecule has 0 aliphatic carbocycles. The fourth-order valence-electron chi connectivity index (χ4n) is 3.68. The molecular weight excluding hydrogens is 544 g/mol. The van der Waals surface area contributed by atoms with Crippen molar-refractivity contribution in [3.05, 3.63) is 41.6 Å². The Labute approximate surface area is 221 Å². The minimum atomic E-state index is -1.34. The number of hydrogen-bond donors (Lipinski definition) is 5. The molecule has 0 spiro atoms. The summed E-state index contributed by atoms with van der Waals surface area (Å²) in [5.41, 5.74) is 5.82. The monoisotopic (exact) mass is 563 g/mol. The van der Waals surface area contributed by atoms with Crippen molar-refractivity contribution in [3.8, 4) is 0 Å². The Balaban J connectivity index is 1.52. The fraction of sp³-hybridized carbons (Fsp3) is 0.250. The highest BCUT2D eigenvalue weighted by Gasteiger charge is 2.54. The number of oxime groups is 1. The number of aromatic nitrogens is 3. The Morgan fingerprint density at radius 3 is 2.82 bits per heavy atom. The summed E-state index contributed by atoms with van der Waals surface area (Å²) in [6.45, 7) is -0.697. The third-order valence-electron chi connectivity index (χ3n) is 5.21. The molecule has 0 aromatic carbocycles. The molecule has 0 saturated carbocycles. The van der Waals surface area contributed by atoms with Crippen molar-refractivity contribution in [2.24, 2.45) is 5.16 Å². The van der Waals surface area contributed by atoms with Gasteiger partial charge >= 0.3 is 11.9 Å². The molecule has 2 aromatic heterocycles. The number of anilines is 2. The summed E-state index contributed by atoms with van der Waals surface area (Å²) >= 11 is 2.01. The van der Waals surface area contributed by atoms with Crippen LogP contribution < -0.4 is 20.9 Å². The Kier molecular flexibility index (Phi) is 7.82. The lowest BCUT2D eigenvalue weighted by Crippen LogP contribution is -2.71. The molecule has 18 heteroatoms. The molecule has 1 saturated heterocycles. The van der Waals surface area contributed by atoms with Crippen LogP contribution in [0.15, 0.2) is 41.0 Å². The van der Waals surface area contributed by atoms with E-state index in [4.69, 9.17) is 10.8 Å². The van der Waals surface area contributed by atoms with E-state index in [2.05, 4.69) is 30.0 Å². The van der Waals surface area contributed by atoms with Crippen LogP contribution in [0, 0.1) is 0 Å². The van der Waals surface area contributed by atoms with Crippen LogP contribution in [0.4, 0.5) is 10.8 Å². The predicted octanol–water partition coefficient (Wildman–Crippen LogP) is -1.78. The number of carboxylic acids is 2. The summed E-state index contributed by atoms with van der Waals surface area (Å²) in [4.78, 5) is 69.1. The highest BCUT2D eigenvalue weighted by Crippen LogP contribution is 2.40. The summed E-state index contributed by atoms with van der Waals surface area (Å²) in [6, 6.07) is 2.24. The first-order chi connectivity index (χ1) is 18.2. The van der Waals surface area contributed by atoms with Gasteiger partial charge in [-0.15, -0.1) is 11.8 Å². The number of amides is 3. The van der Waals surface area contributed by atoms with Crippen molar-refractivity contribution in [3.63, 3.8) is 0 Å². The number of thioether (sulfide) groups is 1. The number of rotatable bonds is 11. The molecule has 1 unspecified atom stereocenters. The number of hydrogen-bond acceptors (Lipinski definition) is 12. The van der Waals surface area contributed by atoms with E-state index >= 15 is 0 Å². The summed E-state index contributed by atoms with van der Waals surface area (Å²) in [6.07, 6.45) is 3.82. The molecule has 4 heterocycles. The van der Waals surface area contributed by atoms with Crippen molar-refractivity contribution in [1.29, 1.82) is 0 Å². The van der Waals surface area contributed by atoms with Gasteiger partial charge in [0.1, 0.15) is 22.8 Å². The zero-order valence-electron chi connectivity index (χ0n) is 19.1. The van der Waals surface area contributed by atoms with Crippen LogP contribution in [0.25, 0.3) is 0 Å². The number of aliphatic carboxylic acids is 2. The molecule has 2 aliphatic heterocycles. The van der Waals surface area contributed by atoms with Gasteiger partial charge in [0, 0.05) is 28.9 Å². The van der Waals surface area contributed by atoms with Gasteiger partial charge in [-0.05, 0) is 6.07 Å². The third kappa shape index (κ3) is 5.54. The lowest BCUT2D eigenvalue weighted by Gasteiger charge is -2.49. The number of nitrogens with zero attached hydrogens (tertiary/aromatic N) is 5. The van der Waals surface area contributed by atoms with Crippen molar-refractivity contribution in [2.75, 3.05) is 23.4 Å². The molecule has 2 atom stereocenters. The zero-order valence-corrected chi connectivity index (χ0v) is 20.8. The van der Waals surface area contributed by atoms with E-state index in [1.807, 2.05) is 0 Å². The van der Waals surface area contributed by atoms with Gasteiger partial charge in [0.05, 0.1) is 0 Å². The number of fused-ring (bicyclic) bond motifs is 1. The van der Waals surface area contributed by atoms with E-state index in [0.717, 1.165) is 16.4 Å². The maximum atomic E-state index is 13.0. The van der Waals surface area contributed by atoms with Gasteiger partial charge in [-0.2, -0.15) is 13.9 Å². The predicted molar refractivity (Wildman–Crippen MR) is 130 cm³/mol. The second kappa shape index (κ2) is 11.2. The van der Waals surface area contributed by atoms with Crippen molar-refractivity contribution < 1.29 is 43.6 Å². The number of nitrogen functional groups attached to an aromatic ring is 1. The number of β-lactam (4-membered cyclic amide) rings is 1. The number of carboxylic acid groups (broad SMARTS) is 2. The highest BCUT2D eigenvalue weighted by molar-refractivity contribution is 8.00. The first-order valence-corrected chi connectivity index (χ1v) is 12.4. The molecule has 0 bridgehead atoms. The quantitative estimate of drug-likeness (QED) is 0.0672. The van der Waals surface area contributed by atoms with E-state index < -0.39 is 47.5 Å². The van der Waals surface area contributed by atoms with Crippen LogP contribution in [0.2, 0.25) is 0 Å².